The summed E-state index contributed by atoms with van der Waals surface area (Å²) in [6.45, 7) is 6.26. The first kappa shape index (κ1) is 22.5. The zero-order chi connectivity index (χ0) is 20.8. The van der Waals surface area contributed by atoms with Gasteiger partial charge in [-0.1, -0.05) is 20.8 Å². The Hall–Kier alpha value is -1.83. The molecule has 2 heterocycles. The number of pyridine rings is 1. The maximum absolute atomic E-state index is 12.4. The van der Waals surface area contributed by atoms with Crippen molar-refractivity contribution < 1.29 is 22.7 Å². The van der Waals surface area contributed by atoms with E-state index < -0.39 is 18.1 Å². The van der Waals surface area contributed by atoms with E-state index in [9.17, 15) is 18.0 Å². The second-order valence-corrected chi connectivity index (χ2v) is 8.41. The number of carbonyl (C=O) groups is 1. The number of ether oxygens (including phenoxy) is 1. The summed E-state index contributed by atoms with van der Waals surface area (Å²) in [7, 11) is 0. The fraction of sp³-hybridized carbons (Fsp3) is 0.700. The van der Waals surface area contributed by atoms with Crippen LogP contribution in [0.4, 0.5) is 19.0 Å². The van der Waals surface area contributed by atoms with Gasteiger partial charge in [-0.25, -0.2) is 4.98 Å². The Labute approximate surface area is 164 Å². The topological polar surface area (TPSA) is 54.5 Å². The summed E-state index contributed by atoms with van der Waals surface area (Å²) in [6.07, 6.45) is 0.882. The molecule has 0 atom stereocenters. The van der Waals surface area contributed by atoms with Crippen molar-refractivity contribution in [2.75, 3.05) is 31.6 Å². The van der Waals surface area contributed by atoms with Crippen LogP contribution in [0.2, 0.25) is 0 Å². The molecule has 0 unspecified atom stereocenters. The Morgan fingerprint density at radius 1 is 1.25 bits per heavy atom. The Bertz CT molecular complexity index is 619. The number of carbonyl (C=O) groups excluding carboxylic acids is 1. The summed E-state index contributed by atoms with van der Waals surface area (Å²) in [5, 5.41) is 2.76. The van der Waals surface area contributed by atoms with Gasteiger partial charge in [0.15, 0.2) is 0 Å². The smallest absolute Gasteiger partial charge is 0.401 e. The van der Waals surface area contributed by atoms with Crippen molar-refractivity contribution >= 4 is 11.7 Å². The van der Waals surface area contributed by atoms with E-state index in [1.807, 2.05) is 20.8 Å². The third kappa shape index (κ3) is 8.04. The lowest BCUT2D eigenvalue weighted by atomic mass is 9.92. The Kier molecular flexibility index (Phi) is 7.69. The molecule has 0 radical (unpaired) electrons. The molecule has 8 heteroatoms. The average molecular weight is 401 g/mol. The van der Waals surface area contributed by atoms with Crippen molar-refractivity contribution in [2.45, 2.75) is 52.6 Å². The molecule has 0 spiro atoms. The van der Waals surface area contributed by atoms with Crippen LogP contribution < -0.4 is 10.1 Å². The number of alkyl halides is 3. The van der Waals surface area contributed by atoms with E-state index in [0.29, 0.717) is 37.2 Å². The zero-order valence-electron chi connectivity index (χ0n) is 16.8. The van der Waals surface area contributed by atoms with Crippen molar-refractivity contribution in [3.8, 4) is 5.75 Å². The highest BCUT2D eigenvalue weighted by Gasteiger charge is 2.32. The average Bonchev–Trinajstić information content (AvgIpc) is 2.59. The van der Waals surface area contributed by atoms with Crippen LogP contribution in [0.5, 0.6) is 5.75 Å². The zero-order valence-corrected chi connectivity index (χ0v) is 16.8. The standard InChI is InChI=1S/C20H30F3N3O2/c1-19(2,3)18(27)25-17-7-6-16(13-24-17)28-12-4-5-15-8-10-26(11-9-15)14-20(21,22)23/h6-7,13,15H,4-5,8-12,14H2,1-3H3,(H,24,25,27). The predicted octanol–water partition coefficient (Wildman–Crippen LogP) is 4.50. The molecule has 1 amide bonds. The lowest BCUT2D eigenvalue weighted by Gasteiger charge is -2.32. The normalized spacial score (nSPS) is 16.8. The van der Waals surface area contributed by atoms with Gasteiger partial charge in [-0.05, 0) is 56.8 Å². The molecule has 0 bridgehead atoms. The molecule has 1 N–H and O–H groups in total. The van der Waals surface area contributed by atoms with Crippen molar-refractivity contribution in [3.63, 3.8) is 0 Å². The molecule has 1 aliphatic heterocycles. The third-order valence-corrected chi connectivity index (χ3v) is 4.79. The molecule has 1 aliphatic rings. The maximum atomic E-state index is 12.4. The molecule has 0 aromatic carbocycles. The number of halogens is 3. The van der Waals surface area contributed by atoms with Gasteiger partial charge in [-0.15, -0.1) is 0 Å². The van der Waals surface area contributed by atoms with Crippen LogP contribution >= 0.6 is 0 Å². The quantitative estimate of drug-likeness (QED) is 0.684. The second-order valence-electron chi connectivity index (χ2n) is 8.41. The number of rotatable bonds is 7. The highest BCUT2D eigenvalue weighted by atomic mass is 19.4. The first-order valence-electron chi connectivity index (χ1n) is 9.72. The Balaban J connectivity index is 1.63. The molecule has 1 fully saturated rings. The number of hydrogen-bond donors (Lipinski definition) is 1. The largest absolute Gasteiger partial charge is 0.492 e. The number of amides is 1. The highest BCUT2D eigenvalue weighted by Crippen LogP contribution is 2.25. The summed E-state index contributed by atoms with van der Waals surface area (Å²) in [5.74, 6) is 1.47. The molecule has 0 aliphatic carbocycles. The molecule has 158 valence electrons. The number of piperidine rings is 1. The first-order valence-corrected chi connectivity index (χ1v) is 9.72. The van der Waals surface area contributed by atoms with E-state index in [1.54, 1.807) is 18.3 Å². The molecule has 28 heavy (non-hydrogen) atoms. The van der Waals surface area contributed by atoms with Crippen LogP contribution in [0.1, 0.15) is 46.5 Å². The van der Waals surface area contributed by atoms with Gasteiger partial charge in [0.1, 0.15) is 11.6 Å². The summed E-state index contributed by atoms with van der Waals surface area (Å²) in [4.78, 5) is 17.6. The summed E-state index contributed by atoms with van der Waals surface area (Å²) in [5.41, 5.74) is -0.486. The number of anilines is 1. The monoisotopic (exact) mass is 401 g/mol. The van der Waals surface area contributed by atoms with E-state index in [-0.39, 0.29) is 5.91 Å². The van der Waals surface area contributed by atoms with Gasteiger partial charge in [0, 0.05) is 5.41 Å². The van der Waals surface area contributed by atoms with Crippen molar-refractivity contribution in [1.82, 2.24) is 9.88 Å². The van der Waals surface area contributed by atoms with Gasteiger partial charge < -0.3 is 10.1 Å². The number of nitrogens with one attached hydrogen (secondary N) is 1. The first-order chi connectivity index (χ1) is 13.0. The van der Waals surface area contributed by atoms with Gasteiger partial charge in [0.05, 0.1) is 19.3 Å². The van der Waals surface area contributed by atoms with Crippen molar-refractivity contribution in [3.05, 3.63) is 18.3 Å². The highest BCUT2D eigenvalue weighted by molar-refractivity contribution is 5.93. The van der Waals surface area contributed by atoms with E-state index in [2.05, 4.69) is 10.3 Å². The fourth-order valence-electron chi connectivity index (χ4n) is 3.09. The fourth-order valence-corrected chi connectivity index (χ4v) is 3.09. The van der Waals surface area contributed by atoms with Gasteiger partial charge in [-0.2, -0.15) is 13.2 Å². The molecule has 2 rings (SSSR count). The van der Waals surface area contributed by atoms with E-state index >= 15 is 0 Å². The molecular weight excluding hydrogens is 371 g/mol. The minimum atomic E-state index is -4.11. The predicted molar refractivity (Wildman–Crippen MR) is 102 cm³/mol. The van der Waals surface area contributed by atoms with Crippen LogP contribution in [0, 0.1) is 11.3 Å². The van der Waals surface area contributed by atoms with Gasteiger partial charge in [0.2, 0.25) is 5.91 Å². The molecule has 5 nitrogen and oxygen atoms in total. The minimum absolute atomic E-state index is 0.102. The van der Waals surface area contributed by atoms with Crippen LogP contribution in [0.25, 0.3) is 0 Å². The number of likely N-dealkylation sites (tertiary alicyclic amines) is 1. The molecular formula is C20H30F3N3O2. The molecule has 1 aromatic rings. The van der Waals surface area contributed by atoms with E-state index in [1.165, 1.54) is 4.90 Å². The molecule has 1 aromatic heterocycles. The Morgan fingerprint density at radius 3 is 2.46 bits per heavy atom. The summed E-state index contributed by atoms with van der Waals surface area (Å²) >= 11 is 0. The maximum Gasteiger partial charge on any atom is 0.401 e. The van der Waals surface area contributed by atoms with Crippen LogP contribution in [0.3, 0.4) is 0 Å². The van der Waals surface area contributed by atoms with E-state index in [0.717, 1.165) is 25.7 Å². The van der Waals surface area contributed by atoms with Crippen molar-refractivity contribution in [2.24, 2.45) is 11.3 Å². The summed E-state index contributed by atoms with van der Waals surface area (Å²) in [6, 6.07) is 3.47. The Morgan fingerprint density at radius 2 is 1.93 bits per heavy atom. The van der Waals surface area contributed by atoms with Gasteiger partial charge in [-0.3, -0.25) is 9.69 Å². The second kappa shape index (κ2) is 9.58. The lowest BCUT2D eigenvalue weighted by molar-refractivity contribution is -0.148. The molecule has 1 saturated heterocycles. The number of hydrogen-bond acceptors (Lipinski definition) is 4. The SMILES string of the molecule is CC(C)(C)C(=O)Nc1ccc(OCCCC2CCN(CC(F)(F)F)CC2)cn1. The van der Waals surface area contributed by atoms with Crippen molar-refractivity contribution in [1.29, 1.82) is 0 Å². The lowest BCUT2D eigenvalue weighted by Crippen LogP contribution is -2.40. The minimum Gasteiger partial charge on any atom is -0.492 e. The van der Waals surface area contributed by atoms with Crippen LogP contribution in [0.15, 0.2) is 18.3 Å². The third-order valence-electron chi connectivity index (χ3n) is 4.79. The van der Waals surface area contributed by atoms with Gasteiger partial charge >= 0.3 is 6.18 Å². The molecule has 0 saturated carbocycles. The van der Waals surface area contributed by atoms with Crippen LogP contribution in [-0.4, -0.2) is 48.2 Å². The van der Waals surface area contributed by atoms with Gasteiger partial charge in [0.25, 0.3) is 0 Å². The van der Waals surface area contributed by atoms with E-state index in [4.69, 9.17) is 4.74 Å². The number of aromatic nitrogens is 1. The summed E-state index contributed by atoms with van der Waals surface area (Å²) < 4.78 is 42.9. The number of nitrogens with zero attached hydrogens (tertiary/aromatic N) is 2. The van der Waals surface area contributed by atoms with Crippen LogP contribution in [-0.2, 0) is 4.79 Å².